The summed E-state index contributed by atoms with van der Waals surface area (Å²) in [5, 5.41) is 2.08. The highest BCUT2D eigenvalue weighted by atomic mass is 16.2. The van der Waals surface area contributed by atoms with Crippen LogP contribution in [0.25, 0.3) is 10.8 Å². The van der Waals surface area contributed by atoms with Crippen LogP contribution in [0, 0.1) is 0 Å². The fraction of sp³-hybridized carbons (Fsp3) is 0.455. The van der Waals surface area contributed by atoms with Crippen LogP contribution in [-0.4, -0.2) is 49.8 Å². The monoisotopic (exact) mass is 369 g/mol. The second kappa shape index (κ2) is 10.1. The zero-order chi connectivity index (χ0) is 19.8. The number of Topliss-reactive ketones (excluding diaryl/α,β-unsaturated/α-hetero) is 1. The number of anilines is 1. The lowest BCUT2D eigenvalue weighted by Crippen LogP contribution is -2.40. The van der Waals surface area contributed by atoms with Crippen LogP contribution in [0.2, 0.25) is 0 Å². The van der Waals surface area contributed by atoms with Crippen molar-refractivity contribution in [3.63, 3.8) is 0 Å². The number of nitrogens with two attached hydrogens (primary N) is 1. The maximum absolute atomic E-state index is 12.7. The molecule has 1 amide bonds. The number of fused-ring (bicyclic) bond motifs is 1. The average molecular weight is 370 g/mol. The lowest BCUT2D eigenvalue weighted by atomic mass is 10.0. The molecular weight excluding hydrogens is 338 g/mol. The minimum absolute atomic E-state index is 0.0633. The maximum Gasteiger partial charge on any atom is 0.242 e. The van der Waals surface area contributed by atoms with Gasteiger partial charge < -0.3 is 15.5 Å². The van der Waals surface area contributed by atoms with Gasteiger partial charge in [0.25, 0.3) is 0 Å². The number of rotatable bonds is 10. The Kier molecular flexibility index (Phi) is 7.80. The van der Waals surface area contributed by atoms with Crippen LogP contribution in [-0.2, 0) is 4.79 Å². The highest BCUT2D eigenvalue weighted by Gasteiger charge is 2.15. The Morgan fingerprint density at radius 3 is 2.33 bits per heavy atom. The highest BCUT2D eigenvalue weighted by Crippen LogP contribution is 2.23. The topological polar surface area (TPSA) is 66.6 Å². The second-order valence-electron chi connectivity index (χ2n) is 7.04. The summed E-state index contributed by atoms with van der Waals surface area (Å²) in [4.78, 5) is 28.2. The average Bonchev–Trinajstić information content (AvgIpc) is 2.66. The molecule has 146 valence electrons. The molecule has 0 aromatic heterocycles. The molecule has 0 radical (unpaired) electrons. The van der Waals surface area contributed by atoms with Gasteiger partial charge in [0.05, 0.1) is 6.54 Å². The first-order valence-corrected chi connectivity index (χ1v) is 9.70. The van der Waals surface area contributed by atoms with E-state index in [0.717, 1.165) is 42.3 Å². The van der Waals surface area contributed by atoms with E-state index in [0.29, 0.717) is 25.2 Å². The predicted molar refractivity (Wildman–Crippen MR) is 112 cm³/mol. The Morgan fingerprint density at radius 1 is 1.00 bits per heavy atom. The second-order valence-corrected chi connectivity index (χ2v) is 7.04. The molecule has 0 saturated heterocycles. The fourth-order valence-electron chi connectivity index (χ4n) is 3.08. The minimum atomic E-state index is 0.0633. The zero-order valence-electron chi connectivity index (χ0n) is 16.7. The molecule has 0 unspecified atom stereocenters. The molecule has 0 saturated carbocycles. The molecule has 0 atom stereocenters. The van der Waals surface area contributed by atoms with Crippen molar-refractivity contribution in [2.75, 3.05) is 38.1 Å². The lowest BCUT2D eigenvalue weighted by Gasteiger charge is -2.26. The molecule has 0 heterocycles. The van der Waals surface area contributed by atoms with Gasteiger partial charge in [-0.25, -0.2) is 0 Å². The number of hydrogen-bond donors (Lipinski definition) is 1. The van der Waals surface area contributed by atoms with E-state index < -0.39 is 0 Å². The van der Waals surface area contributed by atoms with E-state index in [1.165, 1.54) is 0 Å². The summed E-state index contributed by atoms with van der Waals surface area (Å²) in [7, 11) is 1.93. The molecule has 0 fully saturated rings. The number of hydrogen-bond acceptors (Lipinski definition) is 4. The SMILES string of the molecule is CCCCN(CCCN)C(=O)CN(C)c1ccc2cc(C(C)=O)ccc2c1. The Bertz CT molecular complexity index is 780. The molecule has 2 rings (SSSR count). The molecule has 5 heteroatoms. The van der Waals surface area contributed by atoms with Gasteiger partial charge in [0.1, 0.15) is 0 Å². The van der Waals surface area contributed by atoms with E-state index in [1.54, 1.807) is 6.92 Å². The summed E-state index contributed by atoms with van der Waals surface area (Å²) >= 11 is 0. The molecule has 5 nitrogen and oxygen atoms in total. The number of likely N-dealkylation sites (N-methyl/N-ethyl adjacent to an activating group) is 1. The number of ketones is 1. The van der Waals surface area contributed by atoms with Crippen LogP contribution >= 0.6 is 0 Å². The van der Waals surface area contributed by atoms with E-state index in [4.69, 9.17) is 5.73 Å². The molecule has 0 aliphatic rings. The van der Waals surface area contributed by atoms with Crippen molar-refractivity contribution in [1.82, 2.24) is 4.90 Å². The van der Waals surface area contributed by atoms with Gasteiger partial charge in [0.2, 0.25) is 5.91 Å². The largest absolute Gasteiger partial charge is 0.365 e. The standard InChI is InChI=1S/C22H31N3O2/c1-4-5-12-25(13-6-11-23)22(27)16-24(3)21-10-9-19-14-18(17(2)26)7-8-20(19)15-21/h7-10,14-15H,4-6,11-13,16,23H2,1-3H3. The third-order valence-corrected chi connectivity index (χ3v) is 4.81. The molecule has 27 heavy (non-hydrogen) atoms. The molecule has 0 spiro atoms. The molecule has 2 N–H and O–H groups in total. The third-order valence-electron chi connectivity index (χ3n) is 4.81. The Labute approximate surface area is 162 Å². The smallest absolute Gasteiger partial charge is 0.242 e. The molecular formula is C22H31N3O2. The van der Waals surface area contributed by atoms with Crippen molar-refractivity contribution in [1.29, 1.82) is 0 Å². The van der Waals surface area contributed by atoms with Gasteiger partial charge in [-0.15, -0.1) is 0 Å². The number of benzene rings is 2. The van der Waals surface area contributed by atoms with Crippen molar-refractivity contribution in [2.45, 2.75) is 33.1 Å². The first-order valence-electron chi connectivity index (χ1n) is 9.70. The number of nitrogens with zero attached hydrogens (tertiary/aromatic N) is 2. The summed E-state index contributed by atoms with van der Waals surface area (Å²) in [5.74, 6) is 0.194. The Morgan fingerprint density at radius 2 is 1.67 bits per heavy atom. The van der Waals surface area contributed by atoms with Crippen LogP contribution in [0.1, 0.15) is 43.5 Å². The van der Waals surface area contributed by atoms with Crippen LogP contribution in [0.15, 0.2) is 36.4 Å². The number of amides is 1. The van der Waals surface area contributed by atoms with Gasteiger partial charge in [-0.2, -0.15) is 0 Å². The van der Waals surface area contributed by atoms with E-state index in [2.05, 4.69) is 13.0 Å². The number of carbonyl (C=O) groups is 2. The van der Waals surface area contributed by atoms with Crippen LogP contribution < -0.4 is 10.6 Å². The van der Waals surface area contributed by atoms with Gasteiger partial charge in [-0.1, -0.05) is 31.5 Å². The molecule has 0 aliphatic heterocycles. The summed E-state index contributed by atoms with van der Waals surface area (Å²) in [5.41, 5.74) is 7.31. The van der Waals surface area contributed by atoms with Gasteiger partial charge in [-0.05, 0) is 55.3 Å². The van der Waals surface area contributed by atoms with Gasteiger partial charge in [-0.3, -0.25) is 9.59 Å². The minimum Gasteiger partial charge on any atom is -0.365 e. The molecule has 2 aromatic carbocycles. The summed E-state index contributed by atoms with van der Waals surface area (Å²) in [6.45, 7) is 6.14. The van der Waals surface area contributed by atoms with Crippen molar-refractivity contribution in [3.8, 4) is 0 Å². The highest BCUT2D eigenvalue weighted by molar-refractivity contribution is 5.99. The van der Waals surface area contributed by atoms with Crippen LogP contribution in [0.5, 0.6) is 0 Å². The van der Waals surface area contributed by atoms with Crippen molar-refractivity contribution in [2.24, 2.45) is 5.73 Å². The van der Waals surface area contributed by atoms with Crippen molar-refractivity contribution < 1.29 is 9.59 Å². The van der Waals surface area contributed by atoms with Crippen molar-refractivity contribution in [3.05, 3.63) is 42.0 Å². The van der Waals surface area contributed by atoms with E-state index in [9.17, 15) is 9.59 Å². The first kappa shape index (κ1) is 20.9. The van der Waals surface area contributed by atoms with E-state index >= 15 is 0 Å². The molecule has 0 aliphatic carbocycles. The third kappa shape index (κ3) is 5.79. The summed E-state index contributed by atoms with van der Waals surface area (Å²) < 4.78 is 0. The van der Waals surface area contributed by atoms with E-state index in [-0.39, 0.29) is 11.7 Å². The first-order chi connectivity index (χ1) is 13.0. The lowest BCUT2D eigenvalue weighted by molar-refractivity contribution is -0.129. The van der Waals surface area contributed by atoms with E-state index in [1.807, 2.05) is 47.2 Å². The fourth-order valence-corrected chi connectivity index (χ4v) is 3.08. The quantitative estimate of drug-likeness (QED) is 0.651. The number of unbranched alkanes of at least 4 members (excludes halogenated alkanes) is 1. The van der Waals surface area contributed by atoms with Crippen LogP contribution in [0.4, 0.5) is 5.69 Å². The Hall–Kier alpha value is -2.40. The van der Waals surface area contributed by atoms with Gasteiger partial charge in [0, 0.05) is 31.4 Å². The van der Waals surface area contributed by atoms with Gasteiger partial charge >= 0.3 is 0 Å². The molecule has 0 bridgehead atoms. The predicted octanol–water partition coefficient (Wildman–Crippen LogP) is 3.46. The molecule has 2 aromatic rings. The summed E-state index contributed by atoms with van der Waals surface area (Å²) in [6, 6.07) is 11.8. The van der Waals surface area contributed by atoms with Crippen molar-refractivity contribution >= 4 is 28.2 Å². The maximum atomic E-state index is 12.7. The number of carbonyl (C=O) groups excluding carboxylic acids is 2. The normalized spacial score (nSPS) is 10.8. The Balaban J connectivity index is 2.11. The zero-order valence-corrected chi connectivity index (χ0v) is 16.7. The summed E-state index contributed by atoms with van der Waals surface area (Å²) in [6.07, 6.45) is 2.90. The van der Waals surface area contributed by atoms with Crippen LogP contribution in [0.3, 0.4) is 0 Å². The van der Waals surface area contributed by atoms with Gasteiger partial charge in [0.15, 0.2) is 5.78 Å².